The lowest BCUT2D eigenvalue weighted by Crippen LogP contribution is -2.12. The molecule has 2 fully saturated rings. The molecule has 1 unspecified atom stereocenters. The molecule has 2 heteroatoms. The first-order chi connectivity index (χ1) is 6.45. The minimum atomic E-state index is 0. The van der Waals surface area contributed by atoms with Gasteiger partial charge in [-0.15, -0.1) is 12.4 Å². The summed E-state index contributed by atoms with van der Waals surface area (Å²) < 4.78 is 0. The van der Waals surface area contributed by atoms with Crippen LogP contribution >= 0.6 is 12.4 Å². The lowest BCUT2D eigenvalue weighted by molar-refractivity contribution is 0.312. The van der Waals surface area contributed by atoms with Crippen molar-refractivity contribution in [3.8, 4) is 0 Å². The molecule has 1 saturated heterocycles. The Morgan fingerprint density at radius 3 is 2.21 bits per heavy atom. The van der Waals surface area contributed by atoms with Crippen molar-refractivity contribution in [2.75, 3.05) is 13.1 Å². The number of hydrogen-bond acceptors (Lipinski definition) is 1. The molecule has 1 N–H and O–H groups in total. The van der Waals surface area contributed by atoms with Crippen LogP contribution in [-0.4, -0.2) is 13.1 Å². The van der Waals surface area contributed by atoms with Crippen LogP contribution < -0.4 is 5.32 Å². The van der Waals surface area contributed by atoms with Gasteiger partial charge in [-0.25, -0.2) is 0 Å². The highest BCUT2D eigenvalue weighted by Gasteiger charge is 2.18. The third-order valence-electron chi connectivity index (χ3n) is 3.87. The fourth-order valence-electron chi connectivity index (χ4n) is 2.91. The molecule has 0 aromatic rings. The first-order valence-electron chi connectivity index (χ1n) is 6.16. The van der Waals surface area contributed by atoms with Crippen LogP contribution in [-0.2, 0) is 0 Å². The Morgan fingerprint density at radius 2 is 1.57 bits per heavy atom. The van der Waals surface area contributed by atoms with Gasteiger partial charge in [-0.05, 0) is 37.8 Å². The molecule has 1 nitrogen and oxygen atoms in total. The van der Waals surface area contributed by atoms with Crippen molar-refractivity contribution in [3.05, 3.63) is 0 Å². The maximum absolute atomic E-state index is 3.46. The Balaban J connectivity index is 0.000000980. The van der Waals surface area contributed by atoms with Crippen molar-refractivity contribution in [1.82, 2.24) is 5.32 Å². The fourth-order valence-corrected chi connectivity index (χ4v) is 2.91. The molecule has 0 amide bonds. The molecule has 0 aromatic carbocycles. The Bertz CT molecular complexity index is 137. The van der Waals surface area contributed by atoms with Crippen molar-refractivity contribution < 1.29 is 0 Å². The molecule has 1 aliphatic carbocycles. The highest BCUT2D eigenvalue weighted by Crippen LogP contribution is 2.29. The number of nitrogens with one attached hydrogen (secondary N) is 1. The van der Waals surface area contributed by atoms with Crippen molar-refractivity contribution in [2.24, 2.45) is 11.8 Å². The van der Waals surface area contributed by atoms with E-state index in [1.54, 1.807) is 0 Å². The van der Waals surface area contributed by atoms with E-state index in [1.807, 2.05) is 0 Å². The van der Waals surface area contributed by atoms with Gasteiger partial charge in [-0.1, -0.05) is 38.5 Å². The van der Waals surface area contributed by atoms with Gasteiger partial charge in [0.25, 0.3) is 0 Å². The molecule has 0 bridgehead atoms. The lowest BCUT2D eigenvalue weighted by atomic mass is 9.84. The van der Waals surface area contributed by atoms with Gasteiger partial charge in [0.2, 0.25) is 0 Å². The van der Waals surface area contributed by atoms with E-state index in [1.165, 1.54) is 64.5 Å². The van der Waals surface area contributed by atoms with Crippen LogP contribution in [0.4, 0.5) is 0 Å². The van der Waals surface area contributed by atoms with Crippen molar-refractivity contribution >= 4 is 12.4 Å². The summed E-state index contributed by atoms with van der Waals surface area (Å²) in [5.74, 6) is 2.11. The summed E-state index contributed by atoms with van der Waals surface area (Å²) in [7, 11) is 0. The molecule has 14 heavy (non-hydrogen) atoms. The van der Waals surface area contributed by atoms with Gasteiger partial charge in [0.05, 0.1) is 0 Å². The molecule has 1 aliphatic heterocycles. The van der Waals surface area contributed by atoms with E-state index in [-0.39, 0.29) is 12.4 Å². The summed E-state index contributed by atoms with van der Waals surface area (Å²) in [6.07, 6.45) is 12.0. The van der Waals surface area contributed by atoms with Gasteiger partial charge in [-0.3, -0.25) is 0 Å². The van der Waals surface area contributed by atoms with Gasteiger partial charge >= 0.3 is 0 Å². The van der Waals surface area contributed by atoms with Crippen LogP contribution in [0.15, 0.2) is 0 Å². The smallest absolute Gasteiger partial charge is 0.00200 e. The zero-order chi connectivity index (χ0) is 8.93. The van der Waals surface area contributed by atoms with E-state index in [0.717, 1.165) is 11.8 Å². The second-order valence-electron chi connectivity index (χ2n) is 4.94. The summed E-state index contributed by atoms with van der Waals surface area (Å²) in [6, 6.07) is 0. The third-order valence-corrected chi connectivity index (χ3v) is 3.87. The average molecular weight is 218 g/mol. The van der Waals surface area contributed by atoms with Gasteiger partial charge < -0.3 is 5.32 Å². The third kappa shape index (κ3) is 3.78. The van der Waals surface area contributed by atoms with Crippen LogP contribution in [0.2, 0.25) is 0 Å². The topological polar surface area (TPSA) is 12.0 Å². The van der Waals surface area contributed by atoms with Crippen molar-refractivity contribution in [2.45, 2.75) is 51.4 Å². The molecular weight excluding hydrogens is 194 g/mol. The zero-order valence-electron chi connectivity index (χ0n) is 9.13. The average Bonchev–Trinajstić information content (AvgIpc) is 2.69. The summed E-state index contributed by atoms with van der Waals surface area (Å²) in [5.41, 5.74) is 0. The molecule has 2 aliphatic rings. The van der Waals surface area contributed by atoms with E-state index in [2.05, 4.69) is 5.32 Å². The van der Waals surface area contributed by atoms with Crippen LogP contribution in [0.5, 0.6) is 0 Å². The van der Waals surface area contributed by atoms with Crippen LogP contribution in [0.3, 0.4) is 0 Å². The summed E-state index contributed by atoms with van der Waals surface area (Å²) in [5, 5.41) is 3.46. The van der Waals surface area contributed by atoms with E-state index in [0.29, 0.717) is 0 Å². The second kappa shape index (κ2) is 6.68. The number of rotatable bonds is 3. The van der Waals surface area contributed by atoms with Crippen LogP contribution in [0.25, 0.3) is 0 Å². The second-order valence-corrected chi connectivity index (χ2v) is 4.94. The summed E-state index contributed by atoms with van der Waals surface area (Å²) >= 11 is 0. The minimum Gasteiger partial charge on any atom is -0.316 e. The Labute approximate surface area is 94.4 Å². The van der Waals surface area contributed by atoms with Crippen LogP contribution in [0, 0.1) is 11.8 Å². The quantitative estimate of drug-likeness (QED) is 0.765. The maximum Gasteiger partial charge on any atom is -0.00200 e. The van der Waals surface area contributed by atoms with Gasteiger partial charge in [-0.2, -0.15) is 0 Å². The van der Waals surface area contributed by atoms with Gasteiger partial charge in [0, 0.05) is 0 Å². The van der Waals surface area contributed by atoms with Gasteiger partial charge in [0.1, 0.15) is 0 Å². The van der Waals surface area contributed by atoms with E-state index < -0.39 is 0 Å². The lowest BCUT2D eigenvalue weighted by Gasteiger charge is -2.22. The molecular formula is C12H24ClN. The molecule has 0 radical (unpaired) electrons. The molecule has 1 atom stereocenters. The molecule has 0 aromatic heterocycles. The number of halogens is 1. The first-order valence-corrected chi connectivity index (χ1v) is 6.16. The standard InChI is InChI=1S/C12H23N.ClH/c1-2-4-11(5-3-1)6-7-12-8-9-13-10-12;/h11-13H,1-10H2;1H. The molecule has 84 valence electrons. The SMILES string of the molecule is C1CCC(CCC2CCNC2)CC1.Cl. The molecule has 1 heterocycles. The normalized spacial score (nSPS) is 28.7. The fraction of sp³-hybridized carbons (Fsp3) is 1.00. The largest absolute Gasteiger partial charge is 0.316 e. The maximum atomic E-state index is 3.46. The van der Waals surface area contributed by atoms with E-state index in [4.69, 9.17) is 0 Å². The monoisotopic (exact) mass is 217 g/mol. The van der Waals surface area contributed by atoms with Crippen molar-refractivity contribution in [1.29, 1.82) is 0 Å². The van der Waals surface area contributed by atoms with E-state index >= 15 is 0 Å². The highest BCUT2D eigenvalue weighted by molar-refractivity contribution is 5.85. The summed E-state index contributed by atoms with van der Waals surface area (Å²) in [6.45, 7) is 2.57. The Kier molecular flexibility index (Phi) is 5.88. The molecule has 0 spiro atoms. The summed E-state index contributed by atoms with van der Waals surface area (Å²) in [4.78, 5) is 0. The predicted molar refractivity (Wildman–Crippen MR) is 64.0 cm³/mol. The molecule has 1 saturated carbocycles. The van der Waals surface area contributed by atoms with Crippen molar-refractivity contribution in [3.63, 3.8) is 0 Å². The highest BCUT2D eigenvalue weighted by atomic mass is 35.5. The minimum absolute atomic E-state index is 0. The zero-order valence-corrected chi connectivity index (χ0v) is 9.95. The number of hydrogen-bond donors (Lipinski definition) is 1. The Morgan fingerprint density at radius 1 is 0.857 bits per heavy atom. The predicted octanol–water partition coefficient (Wildman–Crippen LogP) is 3.38. The molecule has 2 rings (SSSR count). The first kappa shape index (κ1) is 12.3. The van der Waals surface area contributed by atoms with Crippen LogP contribution in [0.1, 0.15) is 51.4 Å². The van der Waals surface area contributed by atoms with E-state index in [9.17, 15) is 0 Å². The van der Waals surface area contributed by atoms with Gasteiger partial charge in [0.15, 0.2) is 0 Å². The Hall–Kier alpha value is 0.250.